The average molecular weight is 835 g/mol. The highest BCUT2D eigenvalue weighted by molar-refractivity contribution is 5.71. The molecule has 0 fully saturated rings. The first-order valence-corrected chi connectivity index (χ1v) is 26.1. The van der Waals surface area contributed by atoms with Crippen molar-refractivity contribution in [2.75, 3.05) is 13.2 Å². The van der Waals surface area contributed by atoms with Crippen molar-refractivity contribution in [1.29, 1.82) is 0 Å². The number of carbonyl (C=O) groups is 3. The number of hydrogen-bond donors (Lipinski definition) is 0. The molecule has 350 valence electrons. The van der Waals surface area contributed by atoms with Crippen molar-refractivity contribution in [3.8, 4) is 0 Å². The molecule has 0 aromatic rings. The molecular formula is C53H102O6. The van der Waals surface area contributed by atoms with Gasteiger partial charge in [-0.2, -0.15) is 0 Å². The van der Waals surface area contributed by atoms with E-state index in [1.165, 1.54) is 167 Å². The molecule has 0 aromatic carbocycles. The van der Waals surface area contributed by atoms with Crippen LogP contribution in [0.4, 0.5) is 0 Å². The van der Waals surface area contributed by atoms with E-state index in [-0.39, 0.29) is 31.1 Å². The average Bonchev–Trinajstić information content (AvgIpc) is 3.20. The second kappa shape index (κ2) is 44.5. The minimum absolute atomic E-state index is 0.0661. The van der Waals surface area contributed by atoms with Crippen LogP contribution in [0, 0.1) is 17.8 Å². The molecule has 0 heterocycles. The second-order valence-electron chi connectivity index (χ2n) is 19.4. The summed E-state index contributed by atoms with van der Waals surface area (Å²) < 4.78 is 16.7. The summed E-state index contributed by atoms with van der Waals surface area (Å²) in [5.74, 6) is 1.59. The van der Waals surface area contributed by atoms with Gasteiger partial charge in [0.15, 0.2) is 6.10 Å². The molecular weight excluding hydrogens is 733 g/mol. The van der Waals surface area contributed by atoms with Gasteiger partial charge >= 0.3 is 17.9 Å². The van der Waals surface area contributed by atoms with Gasteiger partial charge < -0.3 is 14.2 Å². The molecule has 0 radical (unpaired) electrons. The van der Waals surface area contributed by atoms with Gasteiger partial charge in [-0.05, 0) is 37.0 Å². The lowest BCUT2D eigenvalue weighted by Crippen LogP contribution is -2.30. The lowest BCUT2D eigenvalue weighted by atomic mass is 9.99. The highest BCUT2D eigenvalue weighted by Crippen LogP contribution is 2.18. The molecule has 0 N–H and O–H groups in total. The second-order valence-corrected chi connectivity index (χ2v) is 19.4. The van der Waals surface area contributed by atoms with Crippen molar-refractivity contribution in [3.05, 3.63) is 0 Å². The quantitative estimate of drug-likeness (QED) is 0.0345. The molecule has 0 aromatic heterocycles. The summed E-state index contributed by atoms with van der Waals surface area (Å²) in [5.41, 5.74) is 0. The van der Waals surface area contributed by atoms with Gasteiger partial charge in [0, 0.05) is 19.3 Å². The number of rotatable bonds is 46. The van der Waals surface area contributed by atoms with Gasteiger partial charge in [-0.25, -0.2) is 0 Å². The summed E-state index contributed by atoms with van der Waals surface area (Å²) in [6.07, 6.45) is 44.1. The largest absolute Gasteiger partial charge is 0.462 e. The summed E-state index contributed by atoms with van der Waals surface area (Å²) in [5, 5.41) is 0. The fraction of sp³-hybridized carbons (Fsp3) is 0.943. The van der Waals surface area contributed by atoms with Crippen LogP contribution in [0.3, 0.4) is 0 Å². The van der Waals surface area contributed by atoms with Gasteiger partial charge in [0.1, 0.15) is 13.2 Å². The van der Waals surface area contributed by atoms with Crippen LogP contribution in [0.5, 0.6) is 0 Å². The summed E-state index contributed by atoms with van der Waals surface area (Å²) >= 11 is 0. The minimum atomic E-state index is -0.763. The van der Waals surface area contributed by atoms with E-state index in [0.29, 0.717) is 19.3 Å². The van der Waals surface area contributed by atoms with Crippen molar-refractivity contribution < 1.29 is 28.6 Å². The first-order valence-electron chi connectivity index (χ1n) is 26.1. The van der Waals surface area contributed by atoms with E-state index < -0.39 is 6.10 Å². The standard InChI is InChI=1S/C53H102O6/c1-7-49(6)41-35-29-22-18-16-14-12-10-8-9-11-13-15-17-19-23-30-36-42-51(54)57-45-50(46-58-52(55)43-37-31-26-25-28-34-40-48(4)5)59-53(56)44-38-32-24-20-21-27-33-39-47(2)3/h47-50H,7-46H2,1-6H3/t49?,50-/m1/s1. The molecule has 59 heavy (non-hydrogen) atoms. The Kier molecular flexibility index (Phi) is 43.3. The normalized spacial score (nSPS) is 12.6. The molecule has 0 aliphatic carbocycles. The molecule has 1 unspecified atom stereocenters. The van der Waals surface area contributed by atoms with Crippen molar-refractivity contribution >= 4 is 17.9 Å². The van der Waals surface area contributed by atoms with E-state index in [1.807, 2.05) is 0 Å². The number of unbranched alkanes of at least 4 members (excludes halogenated alkanes) is 28. The predicted molar refractivity (Wildman–Crippen MR) is 252 cm³/mol. The van der Waals surface area contributed by atoms with Gasteiger partial charge in [-0.3, -0.25) is 14.4 Å². The predicted octanol–water partition coefficient (Wildman–Crippen LogP) is 16.8. The fourth-order valence-electron chi connectivity index (χ4n) is 7.91. The van der Waals surface area contributed by atoms with Gasteiger partial charge in [0.05, 0.1) is 0 Å². The first-order chi connectivity index (χ1) is 28.6. The Morgan fingerprint density at radius 3 is 0.881 bits per heavy atom. The van der Waals surface area contributed by atoms with Crippen molar-refractivity contribution in [2.24, 2.45) is 17.8 Å². The maximum atomic E-state index is 12.7. The molecule has 0 aliphatic heterocycles. The van der Waals surface area contributed by atoms with Gasteiger partial charge in [-0.1, -0.05) is 247 Å². The summed E-state index contributed by atoms with van der Waals surface area (Å²) in [6.45, 7) is 13.6. The fourth-order valence-corrected chi connectivity index (χ4v) is 7.91. The maximum absolute atomic E-state index is 12.7. The van der Waals surface area contributed by atoms with Crippen molar-refractivity contribution in [3.63, 3.8) is 0 Å². The van der Waals surface area contributed by atoms with E-state index in [0.717, 1.165) is 75.5 Å². The smallest absolute Gasteiger partial charge is 0.306 e. The Hall–Kier alpha value is -1.59. The molecule has 0 saturated carbocycles. The number of hydrogen-bond acceptors (Lipinski definition) is 6. The summed E-state index contributed by atoms with van der Waals surface area (Å²) in [4.78, 5) is 37.8. The summed E-state index contributed by atoms with van der Waals surface area (Å²) in [7, 11) is 0. The number of ether oxygens (including phenoxy) is 3. The molecule has 0 aliphatic rings. The Labute approximate surface area is 368 Å². The van der Waals surface area contributed by atoms with Crippen LogP contribution in [0.15, 0.2) is 0 Å². The van der Waals surface area contributed by atoms with Crippen LogP contribution in [0.25, 0.3) is 0 Å². The highest BCUT2D eigenvalue weighted by Gasteiger charge is 2.19. The van der Waals surface area contributed by atoms with E-state index in [2.05, 4.69) is 41.5 Å². The Morgan fingerprint density at radius 1 is 0.339 bits per heavy atom. The molecule has 2 atom stereocenters. The van der Waals surface area contributed by atoms with E-state index in [4.69, 9.17) is 14.2 Å². The number of carbonyl (C=O) groups excluding carboxylic acids is 3. The van der Waals surface area contributed by atoms with Crippen molar-refractivity contribution in [1.82, 2.24) is 0 Å². The molecule has 0 bridgehead atoms. The third kappa shape index (κ3) is 45.8. The zero-order valence-corrected chi connectivity index (χ0v) is 40.5. The van der Waals surface area contributed by atoms with Crippen LogP contribution in [-0.4, -0.2) is 37.2 Å². The monoisotopic (exact) mass is 835 g/mol. The van der Waals surface area contributed by atoms with E-state index >= 15 is 0 Å². The molecule has 0 rings (SSSR count). The van der Waals surface area contributed by atoms with Crippen molar-refractivity contribution in [2.45, 2.75) is 292 Å². The zero-order chi connectivity index (χ0) is 43.4. The van der Waals surface area contributed by atoms with Crippen LogP contribution in [0.2, 0.25) is 0 Å². The molecule has 0 amide bonds. The topological polar surface area (TPSA) is 78.9 Å². The lowest BCUT2D eigenvalue weighted by molar-refractivity contribution is -0.167. The molecule has 6 nitrogen and oxygen atoms in total. The van der Waals surface area contributed by atoms with Crippen LogP contribution < -0.4 is 0 Å². The Balaban J connectivity index is 4.14. The van der Waals surface area contributed by atoms with Crippen LogP contribution in [-0.2, 0) is 28.6 Å². The highest BCUT2D eigenvalue weighted by atomic mass is 16.6. The third-order valence-electron chi connectivity index (χ3n) is 12.3. The van der Waals surface area contributed by atoms with Gasteiger partial charge in [0.2, 0.25) is 0 Å². The van der Waals surface area contributed by atoms with E-state index in [9.17, 15) is 14.4 Å². The van der Waals surface area contributed by atoms with E-state index in [1.54, 1.807) is 0 Å². The Bertz CT molecular complexity index is 916. The molecule has 0 saturated heterocycles. The van der Waals surface area contributed by atoms with Gasteiger partial charge in [-0.15, -0.1) is 0 Å². The minimum Gasteiger partial charge on any atom is -0.462 e. The first kappa shape index (κ1) is 57.4. The number of esters is 3. The zero-order valence-electron chi connectivity index (χ0n) is 40.5. The van der Waals surface area contributed by atoms with Gasteiger partial charge in [0.25, 0.3) is 0 Å². The summed E-state index contributed by atoms with van der Waals surface area (Å²) in [6, 6.07) is 0. The maximum Gasteiger partial charge on any atom is 0.306 e. The molecule has 6 heteroatoms. The molecule has 0 spiro atoms. The SMILES string of the molecule is CCC(C)CCCCCCCCCCCCCCCCCCCCC(=O)OC[C@H](COC(=O)CCCCCCCCC(C)C)OC(=O)CCCCCCCCCC(C)C. The van der Waals surface area contributed by atoms with Crippen LogP contribution >= 0.6 is 0 Å². The van der Waals surface area contributed by atoms with Crippen LogP contribution in [0.1, 0.15) is 286 Å². The lowest BCUT2D eigenvalue weighted by Gasteiger charge is -2.18. The third-order valence-corrected chi connectivity index (χ3v) is 12.3. The Morgan fingerprint density at radius 2 is 0.593 bits per heavy atom.